The zero-order valence-corrected chi connectivity index (χ0v) is 24.9. The Hall–Kier alpha value is -4.75. The predicted molar refractivity (Wildman–Crippen MR) is 157 cm³/mol. The molecule has 2 aromatic heterocycles. The van der Waals surface area contributed by atoms with Crippen LogP contribution in [0, 0.1) is 12.8 Å². The lowest BCUT2D eigenvalue weighted by atomic mass is 9.75. The standard InChI is InChI=1S/C21H21N3O.C11H9F5N2O3/c1-12-23-20(24-25-12)21(2,14-7-8-14)18-10-9-16-15-6-4-3-5-13(15)11-17(16)19(18)22;12-10(13)3-18(4-10)7-2-17-6(9(19)20)1-8(7)21-5-11(14,15)16/h3-6,9-10,14H,7-8,11,22H2,1-2H3;1-2H,3-5H2,(H,19,20)/t21-;/m0./s1. The van der Waals surface area contributed by atoms with Gasteiger partial charge >= 0.3 is 12.1 Å². The fourth-order valence-electron chi connectivity index (χ4n) is 6.12. The first kappa shape index (κ1) is 31.2. The van der Waals surface area contributed by atoms with Crippen LogP contribution in [0.4, 0.5) is 33.3 Å². The fraction of sp³-hybridized carbons (Fsp3) is 0.375. The van der Waals surface area contributed by atoms with Gasteiger partial charge in [-0.05, 0) is 53.5 Å². The van der Waals surface area contributed by atoms with E-state index in [1.807, 2.05) is 6.92 Å². The summed E-state index contributed by atoms with van der Waals surface area (Å²) >= 11 is 0. The molecule has 242 valence electrons. The third kappa shape index (κ3) is 5.95. The number of carboxylic acids is 1. The molecule has 1 saturated heterocycles. The second-order valence-electron chi connectivity index (χ2n) is 12.0. The number of anilines is 2. The van der Waals surface area contributed by atoms with Crippen molar-refractivity contribution in [1.29, 1.82) is 0 Å². The Kier molecular flexibility index (Phi) is 7.64. The Balaban J connectivity index is 0.000000165. The van der Waals surface area contributed by atoms with E-state index in [0.717, 1.165) is 40.7 Å². The van der Waals surface area contributed by atoms with Gasteiger partial charge in [-0.2, -0.15) is 18.2 Å². The van der Waals surface area contributed by atoms with Crippen LogP contribution in [0.2, 0.25) is 0 Å². The zero-order chi connectivity index (χ0) is 33.0. The summed E-state index contributed by atoms with van der Waals surface area (Å²) in [5.41, 5.74) is 13.0. The monoisotopic (exact) mass is 643 g/mol. The second kappa shape index (κ2) is 11.2. The molecule has 14 heteroatoms. The second-order valence-corrected chi connectivity index (χ2v) is 12.0. The molecule has 3 heterocycles. The quantitative estimate of drug-likeness (QED) is 0.153. The summed E-state index contributed by atoms with van der Waals surface area (Å²) in [6.07, 6.45) is -0.466. The SMILES string of the molecule is Cc1nc([C@](C)(c2ccc3c(c2N)Cc2ccccc2-3)C2CC2)no1.O=C(O)c1cc(OCC(F)(F)F)c(N2CC(F)(F)C2)cn1. The molecule has 1 atom stereocenters. The van der Waals surface area contributed by atoms with Gasteiger partial charge in [-0.3, -0.25) is 0 Å². The Morgan fingerprint density at radius 3 is 2.48 bits per heavy atom. The van der Waals surface area contributed by atoms with Gasteiger partial charge in [0.2, 0.25) is 5.89 Å². The summed E-state index contributed by atoms with van der Waals surface area (Å²) in [6.45, 7) is 1.02. The molecule has 2 aliphatic carbocycles. The van der Waals surface area contributed by atoms with Crippen molar-refractivity contribution < 1.29 is 41.1 Å². The lowest BCUT2D eigenvalue weighted by Gasteiger charge is -2.40. The van der Waals surface area contributed by atoms with Crippen LogP contribution in [-0.2, 0) is 11.8 Å². The van der Waals surface area contributed by atoms with Crippen molar-refractivity contribution in [3.8, 4) is 16.9 Å². The molecule has 3 aliphatic rings. The number of ether oxygens (including phenoxy) is 1. The number of carboxylic acid groups (broad SMARTS) is 1. The van der Waals surface area contributed by atoms with Crippen LogP contribution in [0.25, 0.3) is 11.1 Å². The molecule has 0 bridgehead atoms. The molecule has 4 aromatic rings. The number of nitrogens with two attached hydrogens (primary N) is 1. The Morgan fingerprint density at radius 2 is 1.87 bits per heavy atom. The number of nitrogens with zero attached hydrogens (tertiary/aromatic N) is 4. The van der Waals surface area contributed by atoms with Gasteiger partial charge in [0.1, 0.15) is 5.75 Å². The molecule has 1 saturated carbocycles. The number of nitrogen functional groups attached to an aromatic ring is 1. The Labute approximate surface area is 260 Å². The van der Waals surface area contributed by atoms with E-state index in [1.165, 1.54) is 35.1 Å². The molecule has 0 radical (unpaired) electrons. The minimum Gasteiger partial charge on any atom is -0.482 e. The number of hydrogen-bond donors (Lipinski definition) is 2. The maximum Gasteiger partial charge on any atom is 0.422 e. The number of aromatic carboxylic acids is 1. The molecule has 0 unspecified atom stereocenters. The molecule has 0 spiro atoms. The smallest absolute Gasteiger partial charge is 0.422 e. The van der Waals surface area contributed by atoms with Crippen LogP contribution in [0.1, 0.15) is 58.7 Å². The summed E-state index contributed by atoms with van der Waals surface area (Å²) in [6, 6.07) is 13.7. The Morgan fingerprint density at radius 1 is 1.15 bits per heavy atom. The summed E-state index contributed by atoms with van der Waals surface area (Å²) in [5, 5.41) is 13.0. The van der Waals surface area contributed by atoms with E-state index in [4.69, 9.17) is 15.4 Å². The van der Waals surface area contributed by atoms with Crippen molar-refractivity contribution in [3.05, 3.63) is 82.8 Å². The molecular weight excluding hydrogens is 613 g/mol. The minimum absolute atomic E-state index is 0.102. The molecule has 9 nitrogen and oxygen atoms in total. The van der Waals surface area contributed by atoms with Gasteiger partial charge < -0.3 is 25.0 Å². The van der Waals surface area contributed by atoms with Crippen molar-refractivity contribution in [3.63, 3.8) is 0 Å². The molecular formula is C32H30F5N5O4. The molecule has 0 amide bonds. The minimum atomic E-state index is -4.64. The summed E-state index contributed by atoms with van der Waals surface area (Å²) in [7, 11) is 0. The van der Waals surface area contributed by atoms with Crippen molar-refractivity contribution in [1.82, 2.24) is 15.1 Å². The molecule has 2 fully saturated rings. The highest BCUT2D eigenvalue weighted by molar-refractivity contribution is 5.87. The molecule has 2 aromatic carbocycles. The summed E-state index contributed by atoms with van der Waals surface area (Å²) in [5.74, 6) is -2.97. The van der Waals surface area contributed by atoms with Crippen LogP contribution in [0.15, 0.2) is 53.2 Å². The maximum absolute atomic E-state index is 12.8. The summed E-state index contributed by atoms with van der Waals surface area (Å²) < 4.78 is 71.9. The van der Waals surface area contributed by atoms with Gasteiger partial charge in [-0.15, -0.1) is 0 Å². The first-order valence-electron chi connectivity index (χ1n) is 14.5. The van der Waals surface area contributed by atoms with Gasteiger partial charge in [0.05, 0.1) is 30.4 Å². The van der Waals surface area contributed by atoms with E-state index in [9.17, 15) is 26.7 Å². The number of alkyl halides is 5. The van der Waals surface area contributed by atoms with E-state index < -0.39 is 49.2 Å². The van der Waals surface area contributed by atoms with Crippen LogP contribution in [0.5, 0.6) is 5.75 Å². The lowest BCUT2D eigenvalue weighted by Crippen LogP contribution is -2.56. The fourth-order valence-corrected chi connectivity index (χ4v) is 6.12. The van der Waals surface area contributed by atoms with Gasteiger partial charge in [0.25, 0.3) is 5.92 Å². The maximum atomic E-state index is 12.8. The summed E-state index contributed by atoms with van der Waals surface area (Å²) in [4.78, 5) is 19.9. The van der Waals surface area contributed by atoms with E-state index in [-0.39, 0.29) is 11.1 Å². The van der Waals surface area contributed by atoms with Gasteiger partial charge in [-0.1, -0.05) is 41.6 Å². The van der Waals surface area contributed by atoms with Crippen molar-refractivity contribution in [2.45, 2.75) is 50.6 Å². The van der Waals surface area contributed by atoms with Gasteiger partial charge in [0, 0.05) is 25.1 Å². The topological polar surface area (TPSA) is 128 Å². The van der Waals surface area contributed by atoms with Crippen LogP contribution in [-0.4, -0.2) is 58.0 Å². The van der Waals surface area contributed by atoms with E-state index in [2.05, 4.69) is 63.2 Å². The average Bonchev–Trinajstić information content (AvgIpc) is 3.65. The average molecular weight is 644 g/mol. The molecule has 1 aliphatic heterocycles. The normalized spacial score (nSPS) is 17.6. The number of rotatable bonds is 7. The number of carbonyl (C=O) groups is 1. The third-order valence-corrected chi connectivity index (χ3v) is 8.62. The van der Waals surface area contributed by atoms with E-state index in [1.54, 1.807) is 0 Å². The Bertz CT molecular complexity index is 1800. The predicted octanol–water partition coefficient (Wildman–Crippen LogP) is 6.42. The first-order chi connectivity index (χ1) is 21.7. The molecule has 3 N–H and O–H groups in total. The lowest BCUT2D eigenvalue weighted by molar-refractivity contribution is -0.153. The number of benzene rings is 2. The van der Waals surface area contributed by atoms with E-state index >= 15 is 0 Å². The van der Waals surface area contributed by atoms with Gasteiger partial charge in [0.15, 0.2) is 18.1 Å². The highest BCUT2D eigenvalue weighted by atomic mass is 19.4. The number of pyridine rings is 1. The van der Waals surface area contributed by atoms with Crippen LogP contribution >= 0.6 is 0 Å². The molecule has 46 heavy (non-hydrogen) atoms. The zero-order valence-electron chi connectivity index (χ0n) is 24.9. The van der Waals surface area contributed by atoms with Crippen molar-refractivity contribution in [2.75, 3.05) is 30.3 Å². The highest BCUT2D eigenvalue weighted by Gasteiger charge is 2.49. The van der Waals surface area contributed by atoms with Crippen molar-refractivity contribution >= 4 is 17.3 Å². The van der Waals surface area contributed by atoms with E-state index in [0.29, 0.717) is 11.8 Å². The number of halogens is 5. The molecule has 7 rings (SSSR count). The van der Waals surface area contributed by atoms with Crippen molar-refractivity contribution in [2.24, 2.45) is 5.92 Å². The number of fused-ring (bicyclic) bond motifs is 3. The third-order valence-electron chi connectivity index (χ3n) is 8.62. The largest absolute Gasteiger partial charge is 0.482 e. The number of aromatic nitrogens is 3. The number of aryl methyl sites for hydroxylation is 1. The van der Waals surface area contributed by atoms with Crippen LogP contribution in [0.3, 0.4) is 0 Å². The number of hydrogen-bond acceptors (Lipinski definition) is 8. The highest BCUT2D eigenvalue weighted by Crippen LogP contribution is 2.53. The van der Waals surface area contributed by atoms with Gasteiger partial charge in [-0.25, -0.2) is 18.6 Å². The van der Waals surface area contributed by atoms with Crippen LogP contribution < -0.4 is 15.4 Å². The first-order valence-corrected chi connectivity index (χ1v) is 14.5.